The lowest BCUT2D eigenvalue weighted by atomic mass is 10.1. The van der Waals surface area contributed by atoms with Gasteiger partial charge in [-0.25, -0.2) is 0 Å². The molecule has 6 nitrogen and oxygen atoms in total. The molecule has 7 aromatic rings. The van der Waals surface area contributed by atoms with Gasteiger partial charge in [0.05, 0.1) is 26.6 Å². The van der Waals surface area contributed by atoms with Crippen LogP contribution in [0.1, 0.15) is 5.56 Å². The van der Waals surface area contributed by atoms with Gasteiger partial charge in [0.25, 0.3) is 0 Å². The van der Waals surface area contributed by atoms with Crippen LogP contribution >= 0.6 is 22.7 Å². The van der Waals surface area contributed by atoms with E-state index in [-0.39, 0.29) is 6.04 Å². The smallest absolute Gasteiger partial charge is 0.138 e. The number of benzene rings is 1. The second kappa shape index (κ2) is 9.89. The van der Waals surface area contributed by atoms with E-state index in [0.717, 1.165) is 42.5 Å². The summed E-state index contributed by atoms with van der Waals surface area (Å²) in [4.78, 5) is 17.5. The molecule has 8 heteroatoms. The summed E-state index contributed by atoms with van der Waals surface area (Å²) in [5, 5.41) is 8.45. The van der Waals surface area contributed by atoms with E-state index in [1.54, 1.807) is 28.9 Å². The van der Waals surface area contributed by atoms with Crippen molar-refractivity contribution in [3.05, 3.63) is 104 Å². The van der Waals surface area contributed by atoms with Gasteiger partial charge in [-0.3, -0.25) is 15.0 Å². The summed E-state index contributed by atoms with van der Waals surface area (Å²) in [7, 11) is 0. The van der Waals surface area contributed by atoms with Crippen LogP contribution in [0.5, 0.6) is 5.75 Å². The minimum Gasteiger partial charge on any atom is -0.490 e. The maximum atomic E-state index is 6.36. The highest BCUT2D eigenvalue weighted by molar-refractivity contribution is 7.22. The molecule has 0 amide bonds. The number of ether oxygens (including phenoxy) is 1. The summed E-state index contributed by atoms with van der Waals surface area (Å²) >= 11 is 3.43. The molecule has 7 rings (SSSR count). The van der Waals surface area contributed by atoms with Crippen molar-refractivity contribution in [1.29, 1.82) is 0 Å². The fraction of sp³-hybridized carbons (Fsp3) is 0.100. The lowest BCUT2D eigenvalue weighted by Gasteiger charge is -2.19. The first kappa shape index (κ1) is 22.9. The van der Waals surface area contributed by atoms with Crippen molar-refractivity contribution in [2.75, 3.05) is 11.9 Å². The van der Waals surface area contributed by atoms with E-state index in [0.29, 0.717) is 6.61 Å². The molecule has 6 heterocycles. The molecular formula is C30H23N5OS2. The molecule has 2 N–H and O–H groups in total. The van der Waals surface area contributed by atoms with Gasteiger partial charge < -0.3 is 15.0 Å². The Morgan fingerprint density at radius 3 is 2.50 bits per heavy atom. The van der Waals surface area contributed by atoms with Crippen LogP contribution in [0.4, 0.5) is 5.00 Å². The molecule has 0 radical (unpaired) electrons. The number of thiophene rings is 2. The zero-order valence-electron chi connectivity index (χ0n) is 20.3. The summed E-state index contributed by atoms with van der Waals surface area (Å²) in [6.07, 6.45) is 14.1. The SMILES string of the molecule is c1ccc2c(C[C@@H](COc3cncc(-c4cc5ccncc5s4)c3)Nc3cc4ccncc4s3)c[nH]c2c1. The van der Waals surface area contributed by atoms with Crippen LogP contribution < -0.4 is 10.1 Å². The zero-order chi connectivity index (χ0) is 25.3. The third-order valence-corrected chi connectivity index (χ3v) is 8.73. The number of nitrogens with one attached hydrogen (secondary N) is 2. The Morgan fingerprint density at radius 2 is 1.66 bits per heavy atom. The second-order valence-corrected chi connectivity index (χ2v) is 11.3. The highest BCUT2D eigenvalue weighted by Crippen LogP contribution is 2.34. The number of rotatable bonds is 8. The third kappa shape index (κ3) is 4.60. The Labute approximate surface area is 227 Å². The van der Waals surface area contributed by atoms with Gasteiger partial charge in [-0.1, -0.05) is 18.2 Å². The lowest BCUT2D eigenvalue weighted by Crippen LogP contribution is -2.29. The molecule has 1 aromatic carbocycles. The van der Waals surface area contributed by atoms with E-state index in [2.05, 4.69) is 73.9 Å². The van der Waals surface area contributed by atoms with Crippen molar-refractivity contribution in [3.8, 4) is 16.2 Å². The summed E-state index contributed by atoms with van der Waals surface area (Å²) in [5.41, 5.74) is 3.45. The number of aromatic amines is 1. The van der Waals surface area contributed by atoms with Crippen LogP contribution in [0.2, 0.25) is 0 Å². The minimum absolute atomic E-state index is 0.0503. The highest BCUT2D eigenvalue weighted by atomic mass is 32.1. The van der Waals surface area contributed by atoms with Crippen molar-refractivity contribution in [2.45, 2.75) is 12.5 Å². The van der Waals surface area contributed by atoms with Gasteiger partial charge >= 0.3 is 0 Å². The van der Waals surface area contributed by atoms with Crippen LogP contribution in [-0.4, -0.2) is 32.6 Å². The third-order valence-electron chi connectivity index (χ3n) is 6.58. The molecular weight excluding hydrogens is 510 g/mol. The van der Waals surface area contributed by atoms with E-state index in [4.69, 9.17) is 4.74 Å². The van der Waals surface area contributed by atoms with Crippen molar-refractivity contribution >= 4 is 58.7 Å². The fourth-order valence-corrected chi connectivity index (χ4v) is 6.75. The van der Waals surface area contributed by atoms with E-state index >= 15 is 0 Å². The molecule has 0 saturated carbocycles. The molecule has 1 atom stereocenters. The van der Waals surface area contributed by atoms with Gasteiger partial charge in [0, 0.05) is 58.5 Å². The maximum absolute atomic E-state index is 6.36. The van der Waals surface area contributed by atoms with E-state index in [1.165, 1.54) is 21.7 Å². The van der Waals surface area contributed by atoms with Crippen LogP contribution in [0, 0.1) is 0 Å². The number of pyridine rings is 3. The molecule has 0 spiro atoms. The first-order chi connectivity index (χ1) is 18.8. The molecule has 0 aliphatic carbocycles. The molecule has 0 fully saturated rings. The number of hydrogen-bond acceptors (Lipinski definition) is 7. The van der Waals surface area contributed by atoms with E-state index in [1.807, 2.05) is 43.1 Å². The molecule has 0 aliphatic rings. The number of H-pyrrole nitrogens is 1. The number of anilines is 1. The second-order valence-electron chi connectivity index (χ2n) is 9.17. The molecule has 0 aliphatic heterocycles. The van der Waals surface area contributed by atoms with Crippen molar-refractivity contribution < 1.29 is 4.74 Å². The normalized spacial score (nSPS) is 12.3. The molecule has 0 bridgehead atoms. The lowest BCUT2D eigenvalue weighted by molar-refractivity contribution is 0.295. The zero-order valence-corrected chi connectivity index (χ0v) is 21.9. The molecule has 186 valence electrons. The van der Waals surface area contributed by atoms with Gasteiger partial charge in [0.15, 0.2) is 0 Å². The van der Waals surface area contributed by atoms with Gasteiger partial charge in [-0.2, -0.15) is 0 Å². The number of nitrogens with zero attached hydrogens (tertiary/aromatic N) is 3. The van der Waals surface area contributed by atoms with Crippen LogP contribution in [0.25, 0.3) is 41.5 Å². The quantitative estimate of drug-likeness (QED) is 0.211. The topological polar surface area (TPSA) is 75.7 Å². The maximum Gasteiger partial charge on any atom is 0.138 e. The molecule has 38 heavy (non-hydrogen) atoms. The van der Waals surface area contributed by atoms with E-state index < -0.39 is 0 Å². The van der Waals surface area contributed by atoms with Crippen LogP contribution in [0.15, 0.2) is 98.0 Å². The number of fused-ring (bicyclic) bond motifs is 3. The van der Waals surface area contributed by atoms with Crippen molar-refractivity contribution in [3.63, 3.8) is 0 Å². The van der Waals surface area contributed by atoms with Gasteiger partial charge in [-0.05, 0) is 59.2 Å². The van der Waals surface area contributed by atoms with Crippen molar-refractivity contribution in [2.24, 2.45) is 0 Å². The Morgan fingerprint density at radius 1 is 0.842 bits per heavy atom. The van der Waals surface area contributed by atoms with Crippen molar-refractivity contribution in [1.82, 2.24) is 19.9 Å². The minimum atomic E-state index is 0.0503. The standard InChI is InChI=1S/C30H23N5OS2/c1-2-4-26-25(3-1)21(14-34-26)9-23(35-30-12-20-6-8-32-17-29(20)38-30)18-36-24-10-22(13-33-15-24)27-11-19-5-7-31-16-28(19)37-27/h1-8,10-17,23,34-35H,9,18H2/t23-/m0/s1. The van der Waals surface area contributed by atoms with E-state index in [9.17, 15) is 0 Å². The monoisotopic (exact) mass is 533 g/mol. The first-order valence-electron chi connectivity index (χ1n) is 12.4. The Hall–Kier alpha value is -4.27. The summed E-state index contributed by atoms with van der Waals surface area (Å²) in [6, 6.07) is 19.0. The Balaban J connectivity index is 1.14. The number of hydrogen-bond donors (Lipinski definition) is 2. The van der Waals surface area contributed by atoms with Gasteiger partial charge in [0.2, 0.25) is 0 Å². The average molecular weight is 534 g/mol. The predicted molar refractivity (Wildman–Crippen MR) is 157 cm³/mol. The molecule has 0 unspecified atom stereocenters. The molecule has 0 saturated heterocycles. The molecule has 6 aromatic heterocycles. The van der Waals surface area contributed by atoms with Crippen LogP contribution in [0.3, 0.4) is 0 Å². The van der Waals surface area contributed by atoms with Crippen LogP contribution in [-0.2, 0) is 6.42 Å². The Bertz CT molecular complexity index is 1810. The highest BCUT2D eigenvalue weighted by Gasteiger charge is 2.16. The van der Waals surface area contributed by atoms with Gasteiger partial charge in [-0.15, -0.1) is 22.7 Å². The number of aromatic nitrogens is 4. The van der Waals surface area contributed by atoms with Gasteiger partial charge in [0.1, 0.15) is 12.4 Å². The Kier molecular flexibility index (Phi) is 5.96. The predicted octanol–water partition coefficient (Wildman–Crippen LogP) is 7.55. The first-order valence-corrected chi connectivity index (χ1v) is 14.0. The average Bonchev–Trinajstić information content (AvgIpc) is 3.68. The summed E-state index contributed by atoms with van der Waals surface area (Å²) < 4.78 is 8.69. The largest absolute Gasteiger partial charge is 0.490 e. The summed E-state index contributed by atoms with van der Waals surface area (Å²) in [6.45, 7) is 0.494. The summed E-state index contributed by atoms with van der Waals surface area (Å²) in [5.74, 6) is 0.754. The fourth-order valence-electron chi connectivity index (χ4n) is 4.73. The number of para-hydroxylation sites is 1.